The van der Waals surface area contributed by atoms with Crippen molar-refractivity contribution in [1.82, 2.24) is 5.32 Å². The van der Waals surface area contributed by atoms with Gasteiger partial charge in [0.25, 0.3) is 11.5 Å². The molecule has 7 heteroatoms. The second-order valence-electron chi connectivity index (χ2n) is 6.99. The van der Waals surface area contributed by atoms with Crippen LogP contribution in [0.4, 0.5) is 17.1 Å². The molecule has 0 bridgehead atoms. The van der Waals surface area contributed by atoms with E-state index >= 15 is 0 Å². The number of nitro groups is 1. The molecule has 26 heavy (non-hydrogen) atoms. The molecule has 134 valence electrons. The number of hydrogen-bond acceptors (Lipinski definition) is 4. The van der Waals surface area contributed by atoms with Crippen molar-refractivity contribution in [3.05, 3.63) is 64.2 Å². The summed E-state index contributed by atoms with van der Waals surface area (Å²) >= 11 is 0. The second-order valence-corrected chi connectivity index (χ2v) is 6.99. The Kier molecular flexibility index (Phi) is 3.79. The number of nitrogens with one attached hydrogen (secondary N) is 2. The highest BCUT2D eigenvalue weighted by molar-refractivity contribution is 5.92. The van der Waals surface area contributed by atoms with Gasteiger partial charge >= 0.3 is 0 Å². The van der Waals surface area contributed by atoms with Crippen LogP contribution in [0.2, 0.25) is 0 Å². The summed E-state index contributed by atoms with van der Waals surface area (Å²) in [7, 11) is 6.15. The average Bonchev–Trinajstić information content (AvgIpc) is 3.02. The number of hydrogen-bond donors (Lipinski definition) is 2. The number of likely N-dealkylation sites (N-methyl/N-ethyl adjacent to an activating group) is 1. The van der Waals surface area contributed by atoms with Crippen LogP contribution >= 0.6 is 0 Å². The maximum atomic E-state index is 11.0. The fourth-order valence-electron chi connectivity index (χ4n) is 4.05. The van der Waals surface area contributed by atoms with Crippen LogP contribution in [0.15, 0.2) is 48.5 Å². The van der Waals surface area contributed by atoms with Crippen LogP contribution in [0.25, 0.3) is 0 Å². The monoisotopic (exact) mass is 352 g/mol. The number of amidine groups is 1. The van der Waals surface area contributed by atoms with Gasteiger partial charge in [-0.15, -0.1) is 0 Å². The molecule has 0 aliphatic carbocycles. The first-order chi connectivity index (χ1) is 12.5. The van der Waals surface area contributed by atoms with E-state index in [9.17, 15) is 10.1 Å². The Labute approximate surface area is 152 Å². The topological polar surface area (TPSA) is 73.4 Å². The predicted octanol–water partition coefficient (Wildman–Crippen LogP) is 2.21. The Hall–Kier alpha value is -3.09. The van der Waals surface area contributed by atoms with Gasteiger partial charge in [0.1, 0.15) is 12.0 Å². The van der Waals surface area contributed by atoms with E-state index in [1.54, 1.807) is 12.1 Å². The molecule has 2 N–H and O–H groups in total. The van der Waals surface area contributed by atoms with E-state index in [0.29, 0.717) is 0 Å². The fourth-order valence-corrected chi connectivity index (χ4v) is 4.05. The van der Waals surface area contributed by atoms with Crippen molar-refractivity contribution >= 4 is 22.9 Å². The SMILES string of the molecule is CN1c2ccccc2N[C@H]2NC(=[N+](C)C)[C@@H](c3ccc([N+](=O)[O-])cc3)[C@H]21. The van der Waals surface area contributed by atoms with Crippen molar-refractivity contribution in [2.24, 2.45) is 0 Å². The maximum Gasteiger partial charge on any atom is 0.269 e. The summed E-state index contributed by atoms with van der Waals surface area (Å²) in [5.74, 6) is 1.18. The summed E-state index contributed by atoms with van der Waals surface area (Å²) in [5, 5.41) is 18.2. The molecular formula is C19H22N5O2+. The van der Waals surface area contributed by atoms with Gasteiger partial charge in [-0.2, -0.15) is 0 Å². The van der Waals surface area contributed by atoms with Crippen LogP contribution in [0.3, 0.4) is 0 Å². The fraction of sp³-hybridized carbons (Fsp3) is 0.316. The molecule has 0 unspecified atom stereocenters. The van der Waals surface area contributed by atoms with Gasteiger partial charge in [-0.3, -0.25) is 20.0 Å². The molecule has 2 aliphatic rings. The van der Waals surface area contributed by atoms with Crippen molar-refractivity contribution in [3.8, 4) is 0 Å². The van der Waals surface area contributed by atoms with E-state index < -0.39 is 0 Å². The molecule has 0 saturated carbocycles. The van der Waals surface area contributed by atoms with E-state index in [1.165, 1.54) is 0 Å². The lowest BCUT2D eigenvalue weighted by molar-refractivity contribution is -0.468. The minimum Gasteiger partial charge on any atom is -0.363 e. The first-order valence-electron chi connectivity index (χ1n) is 8.61. The number of nitrogens with zero attached hydrogens (tertiary/aromatic N) is 3. The first-order valence-corrected chi connectivity index (χ1v) is 8.61. The highest BCUT2D eigenvalue weighted by atomic mass is 16.6. The number of fused-ring (bicyclic) bond motifs is 2. The molecule has 1 saturated heterocycles. The molecule has 4 rings (SSSR count). The number of rotatable bonds is 2. The lowest BCUT2D eigenvalue weighted by Gasteiger charge is -2.38. The molecule has 2 aliphatic heterocycles. The number of para-hydroxylation sites is 2. The third kappa shape index (κ3) is 2.47. The van der Waals surface area contributed by atoms with E-state index in [-0.39, 0.29) is 28.7 Å². The molecule has 2 aromatic carbocycles. The second kappa shape index (κ2) is 6.01. The summed E-state index contributed by atoms with van der Waals surface area (Å²) < 4.78 is 2.09. The van der Waals surface area contributed by atoms with Gasteiger partial charge in [0.05, 0.1) is 30.4 Å². The van der Waals surface area contributed by atoms with E-state index in [2.05, 4.69) is 39.3 Å². The van der Waals surface area contributed by atoms with E-state index in [4.69, 9.17) is 0 Å². The van der Waals surface area contributed by atoms with Crippen molar-refractivity contribution in [2.75, 3.05) is 31.4 Å². The van der Waals surface area contributed by atoms with Crippen molar-refractivity contribution in [2.45, 2.75) is 18.1 Å². The number of benzene rings is 2. The van der Waals surface area contributed by atoms with Gasteiger partial charge in [-0.1, -0.05) is 24.3 Å². The molecule has 0 aromatic heterocycles. The van der Waals surface area contributed by atoms with Gasteiger partial charge in [0.2, 0.25) is 0 Å². The summed E-state index contributed by atoms with van der Waals surface area (Å²) in [6, 6.07) is 15.3. The Balaban J connectivity index is 1.79. The van der Waals surface area contributed by atoms with Crippen LogP contribution in [0.1, 0.15) is 11.5 Å². The van der Waals surface area contributed by atoms with Crippen LogP contribution in [-0.4, -0.2) is 48.7 Å². The standard InChI is InChI=1S/C19H21N5O2/c1-22(2)19-16(12-8-10-13(11-9-12)24(25)26)17-18(21-19)20-14-6-4-5-7-15(14)23(17)3/h4-11,16-18,20H,1-3H3/p+1/t16-,17+,18-/m0/s1. The lowest BCUT2D eigenvalue weighted by atomic mass is 9.89. The largest absolute Gasteiger partial charge is 0.363 e. The quantitative estimate of drug-likeness (QED) is 0.492. The number of nitro benzene ring substituents is 1. The highest BCUT2D eigenvalue weighted by Crippen LogP contribution is 2.40. The minimum absolute atomic E-state index is 0.0625. The Morgan fingerprint density at radius 3 is 2.38 bits per heavy atom. The van der Waals surface area contributed by atoms with Crippen molar-refractivity contribution in [1.29, 1.82) is 0 Å². The number of anilines is 2. The van der Waals surface area contributed by atoms with Crippen LogP contribution in [-0.2, 0) is 0 Å². The van der Waals surface area contributed by atoms with E-state index in [1.807, 2.05) is 38.4 Å². The Morgan fingerprint density at radius 1 is 1.04 bits per heavy atom. The highest BCUT2D eigenvalue weighted by Gasteiger charge is 2.51. The van der Waals surface area contributed by atoms with Gasteiger partial charge in [-0.25, -0.2) is 0 Å². The molecule has 3 atom stereocenters. The normalized spacial score (nSPS) is 23.6. The van der Waals surface area contributed by atoms with Crippen LogP contribution in [0, 0.1) is 10.1 Å². The zero-order chi connectivity index (χ0) is 18.4. The minimum atomic E-state index is -0.361. The third-order valence-electron chi connectivity index (χ3n) is 5.27. The van der Waals surface area contributed by atoms with Gasteiger partial charge < -0.3 is 10.2 Å². The van der Waals surface area contributed by atoms with Gasteiger partial charge in [0, 0.05) is 19.2 Å². The first kappa shape index (κ1) is 16.4. The van der Waals surface area contributed by atoms with Crippen molar-refractivity contribution in [3.63, 3.8) is 0 Å². The van der Waals surface area contributed by atoms with Crippen LogP contribution < -0.4 is 15.5 Å². The molecule has 2 aromatic rings. The molecule has 0 amide bonds. The summed E-state index contributed by atoms with van der Waals surface area (Å²) in [5.41, 5.74) is 3.43. The maximum absolute atomic E-state index is 11.0. The third-order valence-corrected chi connectivity index (χ3v) is 5.27. The molecule has 0 radical (unpaired) electrons. The Morgan fingerprint density at radius 2 is 1.73 bits per heavy atom. The summed E-state index contributed by atoms with van der Waals surface area (Å²) in [6.45, 7) is 0. The van der Waals surface area contributed by atoms with Crippen molar-refractivity contribution < 1.29 is 9.50 Å². The molecule has 2 heterocycles. The molecule has 0 spiro atoms. The van der Waals surface area contributed by atoms with E-state index in [0.717, 1.165) is 22.8 Å². The average molecular weight is 352 g/mol. The summed E-state index contributed by atoms with van der Waals surface area (Å²) in [6.07, 6.45) is 0.0625. The smallest absolute Gasteiger partial charge is 0.269 e. The Bertz CT molecular complexity index is 889. The molecule has 1 fully saturated rings. The summed E-state index contributed by atoms with van der Waals surface area (Å²) in [4.78, 5) is 12.9. The van der Waals surface area contributed by atoms with Gasteiger partial charge in [-0.05, 0) is 17.7 Å². The van der Waals surface area contributed by atoms with Gasteiger partial charge in [0.15, 0.2) is 6.17 Å². The zero-order valence-corrected chi connectivity index (χ0v) is 15.0. The molecular weight excluding hydrogens is 330 g/mol. The van der Waals surface area contributed by atoms with Crippen LogP contribution in [0.5, 0.6) is 0 Å². The number of non-ortho nitro benzene ring substituents is 1. The zero-order valence-electron chi connectivity index (χ0n) is 15.0. The lowest BCUT2D eigenvalue weighted by Crippen LogP contribution is -2.51. The predicted molar refractivity (Wildman–Crippen MR) is 102 cm³/mol. The molecule has 7 nitrogen and oxygen atoms in total.